The first-order valence-electron chi connectivity index (χ1n) is 7.11. The van der Waals surface area contributed by atoms with Crippen molar-refractivity contribution in [3.8, 4) is 6.07 Å². The van der Waals surface area contributed by atoms with Crippen LogP contribution in [-0.4, -0.2) is 18.6 Å². The molecule has 0 radical (unpaired) electrons. The summed E-state index contributed by atoms with van der Waals surface area (Å²) in [4.78, 5) is 6.72. The van der Waals surface area contributed by atoms with E-state index < -0.39 is 0 Å². The Morgan fingerprint density at radius 3 is 2.75 bits per heavy atom. The van der Waals surface area contributed by atoms with Crippen LogP contribution in [0.5, 0.6) is 0 Å². The lowest BCUT2D eigenvalue weighted by Crippen LogP contribution is -2.21. The summed E-state index contributed by atoms with van der Waals surface area (Å²) in [5, 5.41) is 10.5. The molecule has 102 valence electrons. The molecule has 1 heterocycles. The van der Waals surface area contributed by atoms with Crippen LogP contribution in [0.3, 0.4) is 0 Å². The van der Waals surface area contributed by atoms with E-state index in [1.54, 1.807) is 6.20 Å². The van der Waals surface area contributed by atoms with Gasteiger partial charge in [0, 0.05) is 25.2 Å². The topological polar surface area (TPSA) is 39.9 Å². The van der Waals surface area contributed by atoms with Gasteiger partial charge in [-0.05, 0) is 44.2 Å². The van der Waals surface area contributed by atoms with Gasteiger partial charge in [0.15, 0.2) is 0 Å². The maximum atomic E-state index is 9.40. The molecule has 1 aromatic carbocycles. The lowest BCUT2D eigenvalue weighted by Gasteiger charge is -2.22. The lowest BCUT2D eigenvalue weighted by atomic mass is 10.0. The average molecular weight is 265 g/mol. The summed E-state index contributed by atoms with van der Waals surface area (Å²) in [5.41, 5.74) is 5.10. The lowest BCUT2D eigenvalue weighted by molar-refractivity contribution is 0.788. The fourth-order valence-electron chi connectivity index (χ4n) is 2.92. The average Bonchev–Trinajstić information content (AvgIpc) is 3.20. The van der Waals surface area contributed by atoms with Crippen LogP contribution in [0.2, 0.25) is 0 Å². The van der Waals surface area contributed by atoms with Crippen molar-refractivity contribution in [1.29, 1.82) is 5.26 Å². The molecule has 0 spiro atoms. The first kappa shape index (κ1) is 12.9. The Bertz CT molecular complexity index is 708. The second kappa shape index (κ2) is 4.79. The molecule has 1 fully saturated rings. The van der Waals surface area contributed by atoms with Crippen molar-refractivity contribution in [1.82, 2.24) is 4.98 Å². The molecule has 20 heavy (non-hydrogen) atoms. The summed E-state index contributed by atoms with van der Waals surface area (Å²) in [6.07, 6.45) is 4.34. The summed E-state index contributed by atoms with van der Waals surface area (Å²) in [5.74, 6) is 0.792. The number of nitrogens with zero attached hydrogens (tertiary/aromatic N) is 3. The number of hydrogen-bond acceptors (Lipinski definition) is 3. The van der Waals surface area contributed by atoms with Crippen molar-refractivity contribution in [3.63, 3.8) is 0 Å². The van der Waals surface area contributed by atoms with Gasteiger partial charge in [0.25, 0.3) is 0 Å². The van der Waals surface area contributed by atoms with E-state index in [1.807, 2.05) is 0 Å². The molecule has 3 rings (SSSR count). The number of pyridine rings is 1. The molecular formula is C17H19N3. The smallest absolute Gasteiger partial charge is 0.103 e. The van der Waals surface area contributed by atoms with Crippen molar-refractivity contribution < 1.29 is 0 Å². The van der Waals surface area contributed by atoms with Crippen molar-refractivity contribution >= 4 is 16.6 Å². The number of nitriles is 1. The summed E-state index contributed by atoms with van der Waals surface area (Å²) in [6, 6.07) is 6.59. The summed E-state index contributed by atoms with van der Waals surface area (Å²) in [6.45, 7) is 5.20. The molecule has 0 atom stereocenters. The highest BCUT2D eigenvalue weighted by Crippen LogP contribution is 2.35. The first-order valence-corrected chi connectivity index (χ1v) is 7.11. The van der Waals surface area contributed by atoms with Gasteiger partial charge in [-0.15, -0.1) is 0 Å². The monoisotopic (exact) mass is 265 g/mol. The molecule has 1 saturated carbocycles. The van der Waals surface area contributed by atoms with Gasteiger partial charge in [-0.3, -0.25) is 4.98 Å². The standard InChI is InChI=1S/C17H19N3/c1-11-6-12(2)16-15(7-11)17(14(8-18)9-19-16)20(3)10-13-4-5-13/h6-7,9,13H,4-5,10H2,1-3H3. The maximum Gasteiger partial charge on any atom is 0.103 e. The van der Waals surface area contributed by atoms with Crippen molar-refractivity contribution in [3.05, 3.63) is 35.0 Å². The fraction of sp³-hybridized carbons (Fsp3) is 0.412. The van der Waals surface area contributed by atoms with E-state index in [-0.39, 0.29) is 0 Å². The third kappa shape index (κ3) is 2.22. The van der Waals surface area contributed by atoms with Gasteiger partial charge >= 0.3 is 0 Å². The number of benzene rings is 1. The molecule has 3 heteroatoms. The highest BCUT2D eigenvalue weighted by molar-refractivity contribution is 5.96. The summed E-state index contributed by atoms with van der Waals surface area (Å²) in [7, 11) is 2.09. The van der Waals surface area contributed by atoms with Crippen LogP contribution in [0.25, 0.3) is 10.9 Å². The number of fused-ring (bicyclic) bond motifs is 1. The highest BCUT2D eigenvalue weighted by atomic mass is 15.1. The minimum atomic E-state index is 0.672. The first-order chi connectivity index (χ1) is 9.60. The molecular weight excluding hydrogens is 246 g/mol. The minimum Gasteiger partial charge on any atom is -0.373 e. The number of aryl methyl sites for hydroxylation is 2. The van der Waals surface area contributed by atoms with Crippen molar-refractivity contribution in [2.45, 2.75) is 26.7 Å². The van der Waals surface area contributed by atoms with E-state index in [0.717, 1.165) is 29.1 Å². The Morgan fingerprint density at radius 2 is 2.10 bits per heavy atom. The number of aromatic nitrogens is 1. The molecule has 2 aromatic rings. The summed E-state index contributed by atoms with van der Waals surface area (Å²) < 4.78 is 0. The largest absolute Gasteiger partial charge is 0.373 e. The minimum absolute atomic E-state index is 0.672. The van der Waals surface area contributed by atoms with E-state index in [4.69, 9.17) is 0 Å². The molecule has 0 saturated heterocycles. The van der Waals surface area contributed by atoms with E-state index in [0.29, 0.717) is 5.56 Å². The zero-order valence-electron chi connectivity index (χ0n) is 12.3. The number of rotatable bonds is 3. The molecule has 1 aromatic heterocycles. The molecule has 0 amide bonds. The van der Waals surface area contributed by atoms with E-state index >= 15 is 0 Å². The quantitative estimate of drug-likeness (QED) is 0.851. The molecule has 0 unspecified atom stereocenters. The Balaban J connectivity index is 2.22. The van der Waals surface area contributed by atoms with Crippen LogP contribution < -0.4 is 4.90 Å². The van der Waals surface area contributed by atoms with Crippen LogP contribution >= 0.6 is 0 Å². The third-order valence-corrected chi connectivity index (χ3v) is 4.01. The SMILES string of the molecule is Cc1cc(C)c2ncc(C#N)c(N(C)CC3CC3)c2c1. The Morgan fingerprint density at radius 1 is 1.35 bits per heavy atom. The van der Waals surface area contributed by atoms with Gasteiger partial charge in [-0.1, -0.05) is 11.6 Å². The van der Waals surface area contributed by atoms with Gasteiger partial charge < -0.3 is 4.90 Å². The van der Waals surface area contributed by atoms with Crippen molar-refractivity contribution in [2.75, 3.05) is 18.5 Å². The van der Waals surface area contributed by atoms with Crippen LogP contribution in [-0.2, 0) is 0 Å². The van der Waals surface area contributed by atoms with Crippen molar-refractivity contribution in [2.24, 2.45) is 5.92 Å². The van der Waals surface area contributed by atoms with Gasteiger partial charge in [-0.25, -0.2) is 0 Å². The zero-order valence-corrected chi connectivity index (χ0v) is 12.3. The van der Waals surface area contributed by atoms with Gasteiger partial charge in [0.05, 0.1) is 16.8 Å². The molecule has 1 aliphatic carbocycles. The Kier molecular flexibility index (Phi) is 3.10. The van der Waals surface area contributed by atoms with Gasteiger partial charge in [-0.2, -0.15) is 5.26 Å². The molecule has 0 N–H and O–H groups in total. The molecule has 0 bridgehead atoms. The van der Waals surface area contributed by atoms with Crippen LogP contribution in [0.1, 0.15) is 29.5 Å². The predicted molar refractivity (Wildman–Crippen MR) is 81.9 cm³/mol. The summed E-state index contributed by atoms with van der Waals surface area (Å²) >= 11 is 0. The van der Waals surface area contributed by atoms with E-state index in [1.165, 1.54) is 24.0 Å². The molecule has 0 aliphatic heterocycles. The maximum absolute atomic E-state index is 9.40. The second-order valence-corrected chi connectivity index (χ2v) is 5.93. The zero-order chi connectivity index (χ0) is 14.3. The molecule has 1 aliphatic rings. The predicted octanol–water partition coefficient (Wildman–Crippen LogP) is 3.57. The highest BCUT2D eigenvalue weighted by Gasteiger charge is 2.25. The van der Waals surface area contributed by atoms with Gasteiger partial charge in [0.1, 0.15) is 6.07 Å². The Labute approximate surface area is 119 Å². The van der Waals surface area contributed by atoms with E-state index in [9.17, 15) is 5.26 Å². The van der Waals surface area contributed by atoms with Crippen LogP contribution in [0, 0.1) is 31.1 Å². The fourth-order valence-corrected chi connectivity index (χ4v) is 2.92. The third-order valence-electron chi connectivity index (χ3n) is 4.01. The normalized spacial score (nSPS) is 14.3. The van der Waals surface area contributed by atoms with Gasteiger partial charge in [0.2, 0.25) is 0 Å². The molecule has 3 nitrogen and oxygen atoms in total. The second-order valence-electron chi connectivity index (χ2n) is 5.93. The number of anilines is 1. The Hall–Kier alpha value is -2.08. The van der Waals surface area contributed by atoms with E-state index in [2.05, 4.69) is 49.0 Å². The number of hydrogen-bond donors (Lipinski definition) is 0. The van der Waals surface area contributed by atoms with Crippen LogP contribution in [0.4, 0.5) is 5.69 Å². The van der Waals surface area contributed by atoms with Crippen LogP contribution in [0.15, 0.2) is 18.3 Å².